The lowest BCUT2D eigenvalue weighted by molar-refractivity contribution is -0.138. The van der Waals surface area contributed by atoms with Gasteiger partial charge in [-0.15, -0.1) is 0 Å². The van der Waals surface area contributed by atoms with Gasteiger partial charge in [-0.1, -0.05) is 73.1 Å². The van der Waals surface area contributed by atoms with Crippen LogP contribution < -0.4 is 0 Å². The van der Waals surface area contributed by atoms with Crippen molar-refractivity contribution in [1.82, 2.24) is 4.90 Å². The standard InChI is InChI=1S/C30H29ClF3NO3/c1-20(22-7-3-2-4-8-22)18-35(19-24-9-5-11-26(29(24)31)30(32,33)34)14-6-10-25-17-23-13-12-21(16-28(36)37)15-27(23)38-25/h2-5,7-9,11-13,15,17,20H,6,10,14,16,18-19H2,1H3,(H,36,37)/t20-/m0/s1. The van der Waals surface area contributed by atoms with E-state index in [1.165, 1.54) is 6.07 Å². The Morgan fingerprint density at radius 3 is 2.53 bits per heavy atom. The number of fused-ring (bicyclic) bond motifs is 1. The third-order valence-corrected chi connectivity index (χ3v) is 7.01. The van der Waals surface area contributed by atoms with Crippen molar-refractivity contribution in [2.24, 2.45) is 0 Å². The van der Waals surface area contributed by atoms with Crippen LogP contribution in [-0.4, -0.2) is 29.1 Å². The molecule has 0 radical (unpaired) electrons. The first-order valence-corrected chi connectivity index (χ1v) is 12.8. The molecule has 0 bridgehead atoms. The highest BCUT2D eigenvalue weighted by Gasteiger charge is 2.34. The zero-order valence-corrected chi connectivity index (χ0v) is 21.7. The second-order valence-electron chi connectivity index (χ2n) is 9.58. The van der Waals surface area contributed by atoms with Gasteiger partial charge in [-0.05, 0) is 53.8 Å². The van der Waals surface area contributed by atoms with Gasteiger partial charge >= 0.3 is 12.1 Å². The predicted octanol–water partition coefficient (Wildman–Crippen LogP) is 7.97. The summed E-state index contributed by atoms with van der Waals surface area (Å²) in [6.07, 6.45) is -3.23. The zero-order chi connectivity index (χ0) is 27.3. The minimum Gasteiger partial charge on any atom is -0.481 e. The first kappa shape index (κ1) is 27.7. The van der Waals surface area contributed by atoms with E-state index in [1.54, 1.807) is 18.2 Å². The Morgan fingerprint density at radius 2 is 1.82 bits per heavy atom. The molecule has 1 heterocycles. The van der Waals surface area contributed by atoms with Crippen molar-refractivity contribution in [1.29, 1.82) is 0 Å². The van der Waals surface area contributed by atoms with Gasteiger partial charge in [-0.25, -0.2) is 0 Å². The third kappa shape index (κ3) is 7.17. The fraction of sp³-hybridized carbons (Fsp3) is 0.300. The molecule has 1 atom stereocenters. The molecule has 0 unspecified atom stereocenters. The van der Waals surface area contributed by atoms with Crippen molar-refractivity contribution in [3.05, 3.63) is 106 Å². The number of alkyl halides is 3. The van der Waals surface area contributed by atoms with Crippen LogP contribution in [0.5, 0.6) is 0 Å². The number of hydrogen-bond acceptors (Lipinski definition) is 3. The van der Waals surface area contributed by atoms with Crippen molar-refractivity contribution < 1.29 is 27.5 Å². The van der Waals surface area contributed by atoms with E-state index in [2.05, 4.69) is 11.8 Å². The van der Waals surface area contributed by atoms with Gasteiger partial charge in [-0.3, -0.25) is 9.69 Å². The highest BCUT2D eigenvalue weighted by atomic mass is 35.5. The van der Waals surface area contributed by atoms with Crippen LogP contribution in [-0.2, 0) is 30.4 Å². The number of nitrogens with zero attached hydrogens (tertiary/aromatic N) is 1. The highest BCUT2D eigenvalue weighted by Crippen LogP contribution is 2.36. The maximum Gasteiger partial charge on any atom is 0.417 e. The van der Waals surface area contributed by atoms with E-state index in [9.17, 15) is 18.0 Å². The second-order valence-corrected chi connectivity index (χ2v) is 9.96. The largest absolute Gasteiger partial charge is 0.481 e. The molecule has 4 nitrogen and oxygen atoms in total. The molecular weight excluding hydrogens is 515 g/mol. The van der Waals surface area contributed by atoms with Gasteiger partial charge in [0.2, 0.25) is 0 Å². The van der Waals surface area contributed by atoms with Crippen LogP contribution in [0.3, 0.4) is 0 Å². The maximum absolute atomic E-state index is 13.4. The Morgan fingerprint density at radius 1 is 1.05 bits per heavy atom. The topological polar surface area (TPSA) is 53.7 Å². The Bertz CT molecular complexity index is 1380. The fourth-order valence-electron chi connectivity index (χ4n) is 4.69. The van der Waals surface area contributed by atoms with Crippen molar-refractivity contribution >= 4 is 28.5 Å². The van der Waals surface area contributed by atoms with Gasteiger partial charge in [0.25, 0.3) is 0 Å². The van der Waals surface area contributed by atoms with Crippen LogP contribution in [0.25, 0.3) is 11.0 Å². The number of furan rings is 1. The number of benzene rings is 3. The predicted molar refractivity (Wildman–Crippen MR) is 142 cm³/mol. The SMILES string of the molecule is C[C@@H](CN(CCCc1cc2ccc(CC(=O)O)cc2o1)Cc1cccc(C(F)(F)F)c1Cl)c1ccccc1. The monoisotopic (exact) mass is 543 g/mol. The van der Waals surface area contributed by atoms with Crippen LogP contribution in [0.1, 0.15) is 47.3 Å². The quantitative estimate of drug-likeness (QED) is 0.208. The maximum atomic E-state index is 13.4. The molecule has 4 rings (SSSR count). The molecule has 0 aliphatic rings. The van der Waals surface area contributed by atoms with Gasteiger partial charge in [-0.2, -0.15) is 13.2 Å². The van der Waals surface area contributed by atoms with E-state index in [0.717, 1.165) is 29.2 Å². The van der Waals surface area contributed by atoms with Gasteiger partial charge in [0.15, 0.2) is 0 Å². The van der Waals surface area contributed by atoms with E-state index in [0.29, 0.717) is 42.8 Å². The summed E-state index contributed by atoms with van der Waals surface area (Å²) in [6.45, 7) is 3.67. The molecule has 0 saturated carbocycles. The molecule has 0 aliphatic heterocycles. The number of carboxylic acids is 1. The van der Waals surface area contributed by atoms with Gasteiger partial charge in [0, 0.05) is 24.9 Å². The molecule has 200 valence electrons. The normalized spacial score (nSPS) is 12.8. The van der Waals surface area contributed by atoms with E-state index in [1.807, 2.05) is 42.5 Å². The number of aryl methyl sites for hydroxylation is 1. The summed E-state index contributed by atoms with van der Waals surface area (Å²) in [6, 6.07) is 21.4. The summed E-state index contributed by atoms with van der Waals surface area (Å²) < 4.78 is 46.2. The average molecular weight is 544 g/mol. The lowest BCUT2D eigenvalue weighted by Gasteiger charge is -2.27. The molecule has 8 heteroatoms. The molecule has 0 spiro atoms. The number of carbonyl (C=O) groups is 1. The van der Waals surface area contributed by atoms with Gasteiger partial charge in [0.05, 0.1) is 17.0 Å². The minimum atomic E-state index is -4.51. The van der Waals surface area contributed by atoms with E-state index in [-0.39, 0.29) is 17.4 Å². The molecule has 0 saturated heterocycles. The summed E-state index contributed by atoms with van der Waals surface area (Å²) in [5.41, 5.74) is 2.09. The van der Waals surface area contributed by atoms with Crippen LogP contribution in [0.15, 0.2) is 77.2 Å². The number of hydrogen-bond donors (Lipinski definition) is 1. The van der Waals surface area contributed by atoms with Crippen molar-refractivity contribution in [2.75, 3.05) is 13.1 Å². The first-order valence-electron chi connectivity index (χ1n) is 12.4. The lowest BCUT2D eigenvalue weighted by atomic mass is 10.00. The number of rotatable bonds is 11. The molecule has 0 fully saturated rings. The van der Waals surface area contributed by atoms with E-state index >= 15 is 0 Å². The molecule has 1 aromatic heterocycles. The summed E-state index contributed by atoms with van der Waals surface area (Å²) in [4.78, 5) is 13.1. The van der Waals surface area contributed by atoms with Crippen LogP contribution in [0.4, 0.5) is 13.2 Å². The van der Waals surface area contributed by atoms with Gasteiger partial charge < -0.3 is 9.52 Å². The number of aliphatic carboxylic acids is 1. The molecule has 0 amide bonds. The number of halogens is 4. The lowest BCUT2D eigenvalue weighted by Crippen LogP contribution is -2.29. The number of carboxylic acid groups (broad SMARTS) is 1. The molecule has 4 aromatic rings. The highest BCUT2D eigenvalue weighted by molar-refractivity contribution is 6.32. The van der Waals surface area contributed by atoms with E-state index < -0.39 is 17.7 Å². The Kier molecular flexibility index (Phi) is 8.80. The Hall–Kier alpha value is -3.29. The molecule has 3 aromatic carbocycles. The Balaban J connectivity index is 1.48. The zero-order valence-electron chi connectivity index (χ0n) is 21.0. The Labute approximate surface area is 224 Å². The fourth-order valence-corrected chi connectivity index (χ4v) is 4.98. The van der Waals surface area contributed by atoms with Crippen molar-refractivity contribution in [3.8, 4) is 0 Å². The average Bonchev–Trinajstić information content (AvgIpc) is 3.26. The summed E-state index contributed by atoms with van der Waals surface area (Å²) in [5.74, 6) is 0.0436. The minimum absolute atomic E-state index is 0.0708. The molecule has 1 N–H and O–H groups in total. The smallest absolute Gasteiger partial charge is 0.417 e. The van der Waals surface area contributed by atoms with Crippen LogP contribution in [0, 0.1) is 0 Å². The van der Waals surface area contributed by atoms with Crippen LogP contribution >= 0.6 is 11.6 Å². The summed E-state index contributed by atoms with van der Waals surface area (Å²) in [5, 5.41) is 9.67. The summed E-state index contributed by atoms with van der Waals surface area (Å²) in [7, 11) is 0. The van der Waals surface area contributed by atoms with Crippen molar-refractivity contribution in [3.63, 3.8) is 0 Å². The second kappa shape index (κ2) is 12.0. The summed E-state index contributed by atoms with van der Waals surface area (Å²) >= 11 is 6.21. The van der Waals surface area contributed by atoms with Crippen LogP contribution in [0.2, 0.25) is 5.02 Å². The third-order valence-electron chi connectivity index (χ3n) is 6.57. The van der Waals surface area contributed by atoms with E-state index in [4.69, 9.17) is 21.1 Å². The molecule has 38 heavy (non-hydrogen) atoms. The molecular formula is C30H29ClF3NO3. The molecule has 0 aliphatic carbocycles. The van der Waals surface area contributed by atoms with Crippen molar-refractivity contribution in [2.45, 2.75) is 44.8 Å². The van der Waals surface area contributed by atoms with Gasteiger partial charge in [0.1, 0.15) is 11.3 Å². The first-order chi connectivity index (χ1) is 18.1.